The summed E-state index contributed by atoms with van der Waals surface area (Å²) in [7, 11) is 0. The van der Waals surface area contributed by atoms with Gasteiger partial charge in [-0.1, -0.05) is 0 Å². The van der Waals surface area contributed by atoms with Crippen LogP contribution in [0.4, 0.5) is 0 Å². The van der Waals surface area contributed by atoms with Crippen LogP contribution in [0.2, 0.25) is 0 Å². The first-order chi connectivity index (χ1) is 13.7. The summed E-state index contributed by atoms with van der Waals surface area (Å²) in [4.78, 5) is 35.3. The summed E-state index contributed by atoms with van der Waals surface area (Å²) in [5, 5.41) is 9.63. The van der Waals surface area contributed by atoms with E-state index in [2.05, 4.69) is 15.3 Å². The number of nitrogens with zero attached hydrogens (tertiary/aromatic N) is 3. The maximum absolute atomic E-state index is 12.6. The van der Waals surface area contributed by atoms with E-state index in [0.717, 1.165) is 29.1 Å². The number of amides is 2. The highest BCUT2D eigenvalue weighted by Gasteiger charge is 2.24. The van der Waals surface area contributed by atoms with E-state index in [1.54, 1.807) is 12.4 Å². The van der Waals surface area contributed by atoms with Gasteiger partial charge in [0.05, 0.1) is 12.1 Å². The van der Waals surface area contributed by atoms with Gasteiger partial charge >= 0.3 is 0 Å². The van der Waals surface area contributed by atoms with Crippen LogP contribution in [0.3, 0.4) is 0 Å². The minimum atomic E-state index is -0.0311. The molecule has 3 aromatic heterocycles. The molecule has 1 aliphatic heterocycles. The van der Waals surface area contributed by atoms with Gasteiger partial charge < -0.3 is 10.2 Å². The Kier molecular flexibility index (Phi) is 5.78. The first-order valence-electron chi connectivity index (χ1n) is 9.14. The van der Waals surface area contributed by atoms with Gasteiger partial charge in [0.25, 0.3) is 5.91 Å². The number of hydrogen-bond acceptors (Lipinski definition) is 6. The molecule has 1 fully saturated rings. The number of rotatable bonds is 5. The van der Waals surface area contributed by atoms with Crippen LogP contribution in [0.25, 0.3) is 10.6 Å². The van der Waals surface area contributed by atoms with E-state index in [1.165, 1.54) is 22.7 Å². The summed E-state index contributed by atoms with van der Waals surface area (Å²) in [6, 6.07) is 5.79. The lowest BCUT2D eigenvalue weighted by Gasteiger charge is -2.32. The van der Waals surface area contributed by atoms with Crippen LogP contribution in [0.1, 0.15) is 28.9 Å². The standard InChI is InChI=1S/C20H20N4O2S2/c25-18(10-17-13-28-20(23-17)14-2-1-6-21-11-14)24-7-3-16(4-8-24)22-19(26)15-5-9-27-12-15/h1-2,5-6,9,11-13,16H,3-4,7-8,10H2,(H,22,26). The van der Waals surface area contributed by atoms with E-state index >= 15 is 0 Å². The Bertz CT molecular complexity index is 932. The first-order valence-corrected chi connectivity index (χ1v) is 11.0. The van der Waals surface area contributed by atoms with Gasteiger partial charge in [-0.3, -0.25) is 14.6 Å². The molecule has 8 heteroatoms. The van der Waals surface area contributed by atoms with Gasteiger partial charge in [0, 0.05) is 53.4 Å². The molecular weight excluding hydrogens is 392 g/mol. The Hall–Kier alpha value is -2.58. The summed E-state index contributed by atoms with van der Waals surface area (Å²) in [5.74, 6) is 0.0575. The molecule has 0 aromatic carbocycles. The summed E-state index contributed by atoms with van der Waals surface area (Å²) in [6.07, 6.45) is 5.37. The van der Waals surface area contributed by atoms with E-state index in [0.29, 0.717) is 25.1 Å². The highest BCUT2D eigenvalue weighted by Crippen LogP contribution is 2.23. The van der Waals surface area contributed by atoms with Crippen molar-refractivity contribution in [2.75, 3.05) is 13.1 Å². The van der Waals surface area contributed by atoms with E-state index in [1.807, 2.05) is 39.2 Å². The maximum atomic E-state index is 12.6. The zero-order valence-electron chi connectivity index (χ0n) is 15.2. The third kappa shape index (κ3) is 4.45. The second kappa shape index (κ2) is 8.62. The Morgan fingerprint density at radius 3 is 2.79 bits per heavy atom. The fraction of sp³-hybridized carbons (Fsp3) is 0.300. The number of hydrogen-bond donors (Lipinski definition) is 1. The molecule has 0 aliphatic carbocycles. The zero-order chi connectivity index (χ0) is 19.3. The Labute approximate surface area is 171 Å². The van der Waals surface area contributed by atoms with Crippen molar-refractivity contribution < 1.29 is 9.59 Å². The van der Waals surface area contributed by atoms with Crippen LogP contribution in [0.5, 0.6) is 0 Å². The van der Waals surface area contributed by atoms with Crippen molar-refractivity contribution in [1.29, 1.82) is 0 Å². The smallest absolute Gasteiger partial charge is 0.252 e. The molecule has 0 unspecified atom stereocenters. The molecule has 0 radical (unpaired) electrons. The third-order valence-electron chi connectivity index (χ3n) is 4.76. The van der Waals surface area contributed by atoms with Gasteiger partial charge in [-0.05, 0) is 36.4 Å². The second-order valence-electron chi connectivity index (χ2n) is 6.70. The average Bonchev–Trinajstić information content (AvgIpc) is 3.41. The molecule has 6 nitrogen and oxygen atoms in total. The number of aromatic nitrogens is 2. The van der Waals surface area contributed by atoms with Crippen molar-refractivity contribution in [1.82, 2.24) is 20.2 Å². The Morgan fingerprint density at radius 2 is 2.07 bits per heavy atom. The number of thiazole rings is 1. The number of likely N-dealkylation sites (tertiary alicyclic amines) is 1. The van der Waals surface area contributed by atoms with Gasteiger partial charge in [-0.15, -0.1) is 11.3 Å². The summed E-state index contributed by atoms with van der Waals surface area (Å²) >= 11 is 3.04. The zero-order valence-corrected chi connectivity index (χ0v) is 16.8. The highest BCUT2D eigenvalue weighted by molar-refractivity contribution is 7.13. The monoisotopic (exact) mass is 412 g/mol. The Morgan fingerprint density at radius 1 is 1.21 bits per heavy atom. The van der Waals surface area contributed by atoms with E-state index < -0.39 is 0 Å². The molecule has 1 N–H and O–H groups in total. The molecule has 3 aromatic rings. The van der Waals surface area contributed by atoms with Crippen molar-refractivity contribution in [3.05, 3.63) is 58.0 Å². The lowest BCUT2D eigenvalue weighted by Crippen LogP contribution is -2.46. The predicted octanol–water partition coefficient (Wildman–Crippen LogP) is 3.23. The van der Waals surface area contributed by atoms with Gasteiger partial charge in [-0.2, -0.15) is 11.3 Å². The molecule has 144 valence electrons. The fourth-order valence-electron chi connectivity index (χ4n) is 3.21. The van der Waals surface area contributed by atoms with Crippen LogP contribution in [0, 0.1) is 0 Å². The highest BCUT2D eigenvalue weighted by atomic mass is 32.1. The van der Waals surface area contributed by atoms with Crippen molar-refractivity contribution in [3.63, 3.8) is 0 Å². The number of nitrogens with one attached hydrogen (secondary N) is 1. The molecule has 0 spiro atoms. The molecule has 28 heavy (non-hydrogen) atoms. The lowest BCUT2D eigenvalue weighted by atomic mass is 10.0. The van der Waals surface area contributed by atoms with Crippen LogP contribution in [-0.2, 0) is 11.2 Å². The number of piperidine rings is 1. The van der Waals surface area contributed by atoms with Gasteiger partial charge in [0.15, 0.2) is 0 Å². The normalized spacial score (nSPS) is 14.8. The van der Waals surface area contributed by atoms with Gasteiger partial charge in [-0.25, -0.2) is 4.98 Å². The number of carbonyl (C=O) groups excluding carboxylic acids is 2. The topological polar surface area (TPSA) is 75.2 Å². The first kappa shape index (κ1) is 18.8. The molecule has 4 rings (SSSR count). The summed E-state index contributed by atoms with van der Waals surface area (Å²) < 4.78 is 0. The van der Waals surface area contributed by atoms with E-state index in [9.17, 15) is 9.59 Å². The lowest BCUT2D eigenvalue weighted by molar-refractivity contribution is -0.131. The molecule has 1 saturated heterocycles. The fourth-order valence-corrected chi connectivity index (χ4v) is 4.66. The Balaban J connectivity index is 1.27. The van der Waals surface area contributed by atoms with Gasteiger partial charge in [0.2, 0.25) is 5.91 Å². The molecule has 4 heterocycles. The van der Waals surface area contributed by atoms with Crippen LogP contribution in [-0.4, -0.2) is 45.8 Å². The molecule has 2 amide bonds. The molecular formula is C20H20N4O2S2. The molecule has 0 saturated carbocycles. The number of pyridine rings is 1. The minimum Gasteiger partial charge on any atom is -0.349 e. The minimum absolute atomic E-state index is 0.0311. The van der Waals surface area contributed by atoms with E-state index in [4.69, 9.17) is 0 Å². The summed E-state index contributed by atoms with van der Waals surface area (Å²) in [5.41, 5.74) is 2.46. The van der Waals surface area contributed by atoms with Crippen molar-refractivity contribution in [2.45, 2.75) is 25.3 Å². The quantitative estimate of drug-likeness (QED) is 0.698. The molecule has 0 atom stereocenters. The van der Waals surface area contributed by atoms with Crippen molar-refractivity contribution >= 4 is 34.5 Å². The van der Waals surface area contributed by atoms with Crippen molar-refractivity contribution in [2.24, 2.45) is 0 Å². The van der Waals surface area contributed by atoms with E-state index in [-0.39, 0.29) is 17.9 Å². The number of thiophene rings is 1. The third-order valence-corrected chi connectivity index (χ3v) is 6.38. The number of carbonyl (C=O) groups is 2. The average molecular weight is 413 g/mol. The van der Waals surface area contributed by atoms with Crippen molar-refractivity contribution in [3.8, 4) is 10.6 Å². The maximum Gasteiger partial charge on any atom is 0.252 e. The second-order valence-corrected chi connectivity index (χ2v) is 8.34. The van der Waals surface area contributed by atoms with Crippen LogP contribution in [0.15, 0.2) is 46.7 Å². The predicted molar refractivity (Wildman–Crippen MR) is 110 cm³/mol. The van der Waals surface area contributed by atoms with Crippen LogP contribution >= 0.6 is 22.7 Å². The van der Waals surface area contributed by atoms with Gasteiger partial charge in [0.1, 0.15) is 5.01 Å². The summed E-state index contributed by atoms with van der Waals surface area (Å²) in [6.45, 7) is 1.32. The largest absolute Gasteiger partial charge is 0.349 e. The molecule has 1 aliphatic rings. The molecule has 0 bridgehead atoms. The SMILES string of the molecule is O=C(NC1CCN(C(=O)Cc2csc(-c3cccnc3)n2)CC1)c1ccsc1. The van der Waals surface area contributed by atoms with Crippen LogP contribution < -0.4 is 5.32 Å².